The maximum Gasteiger partial charge on any atom is 0.134 e. The van der Waals surface area contributed by atoms with Crippen LogP contribution in [0.1, 0.15) is 118 Å². The molecule has 0 amide bonds. The summed E-state index contributed by atoms with van der Waals surface area (Å²) in [6, 6.07) is 0. The molecule has 0 aliphatic rings. The number of hydrogen-bond donors (Lipinski definition) is 2. The predicted molar refractivity (Wildman–Crippen MR) is 116 cm³/mol. The topological polar surface area (TPSA) is 41.1 Å². The predicted octanol–water partition coefficient (Wildman–Crippen LogP) is 6.22. The standard InChI is InChI=1S/C23H48N2O/c1-6-23(4,24-5)25-20-19-22(26)18-16-14-12-10-8-7-9-11-13-15-17-21(2)3/h21,24-25H,6-20H2,1-5H3. The second kappa shape index (κ2) is 16.7. The molecule has 0 aromatic rings. The van der Waals surface area contributed by atoms with Gasteiger partial charge in [0.15, 0.2) is 0 Å². The van der Waals surface area contributed by atoms with E-state index in [1.54, 1.807) is 0 Å². The van der Waals surface area contributed by atoms with Gasteiger partial charge in [0.1, 0.15) is 5.78 Å². The van der Waals surface area contributed by atoms with Crippen molar-refractivity contribution in [3.63, 3.8) is 0 Å². The van der Waals surface area contributed by atoms with Crippen molar-refractivity contribution in [2.45, 2.75) is 123 Å². The lowest BCUT2D eigenvalue weighted by Gasteiger charge is -2.29. The molecule has 0 rings (SSSR count). The Morgan fingerprint density at radius 1 is 0.846 bits per heavy atom. The summed E-state index contributed by atoms with van der Waals surface area (Å²) in [5, 5.41) is 6.72. The summed E-state index contributed by atoms with van der Waals surface area (Å²) in [6.45, 7) is 9.70. The third-order valence-corrected chi connectivity index (χ3v) is 5.66. The Hall–Kier alpha value is -0.410. The SMILES string of the molecule is CCC(C)(NC)NCCC(=O)CCCCCCCCCCCCC(C)C. The molecule has 0 fully saturated rings. The van der Waals surface area contributed by atoms with E-state index in [1.807, 2.05) is 7.05 Å². The molecule has 1 unspecified atom stereocenters. The van der Waals surface area contributed by atoms with Gasteiger partial charge in [-0.25, -0.2) is 0 Å². The monoisotopic (exact) mass is 368 g/mol. The van der Waals surface area contributed by atoms with Gasteiger partial charge in [0.05, 0.1) is 5.66 Å². The molecule has 0 bridgehead atoms. The first-order chi connectivity index (χ1) is 12.4. The van der Waals surface area contributed by atoms with Crippen LogP contribution in [0.3, 0.4) is 0 Å². The third kappa shape index (κ3) is 15.8. The average Bonchev–Trinajstić information content (AvgIpc) is 2.62. The maximum absolute atomic E-state index is 11.9. The van der Waals surface area contributed by atoms with Crippen LogP contribution >= 0.6 is 0 Å². The average molecular weight is 369 g/mol. The zero-order valence-corrected chi connectivity index (χ0v) is 18.6. The van der Waals surface area contributed by atoms with Gasteiger partial charge in [-0.05, 0) is 32.7 Å². The minimum Gasteiger partial charge on any atom is -0.303 e. The fourth-order valence-corrected chi connectivity index (χ4v) is 3.28. The second-order valence-electron chi connectivity index (χ2n) is 8.62. The summed E-state index contributed by atoms with van der Waals surface area (Å²) in [6.07, 6.45) is 17.2. The number of ketones is 1. The van der Waals surface area contributed by atoms with Crippen LogP contribution in [0.2, 0.25) is 0 Å². The van der Waals surface area contributed by atoms with E-state index in [1.165, 1.54) is 64.2 Å². The fraction of sp³-hybridized carbons (Fsp3) is 0.957. The Labute approximate surface area is 164 Å². The molecule has 0 saturated heterocycles. The molecule has 3 heteroatoms. The lowest BCUT2D eigenvalue weighted by atomic mass is 10.0. The Balaban J connectivity index is 3.33. The number of rotatable bonds is 19. The van der Waals surface area contributed by atoms with Gasteiger partial charge in [0.25, 0.3) is 0 Å². The Morgan fingerprint density at radius 2 is 1.35 bits per heavy atom. The van der Waals surface area contributed by atoms with E-state index in [-0.39, 0.29) is 5.66 Å². The number of hydrogen-bond acceptors (Lipinski definition) is 3. The Bertz CT molecular complexity index is 324. The van der Waals surface area contributed by atoms with Crippen LogP contribution < -0.4 is 10.6 Å². The van der Waals surface area contributed by atoms with E-state index < -0.39 is 0 Å². The van der Waals surface area contributed by atoms with Crippen molar-refractivity contribution in [1.82, 2.24) is 10.6 Å². The zero-order valence-electron chi connectivity index (χ0n) is 18.6. The van der Waals surface area contributed by atoms with Gasteiger partial charge in [0, 0.05) is 19.4 Å². The Kier molecular flexibility index (Phi) is 16.5. The van der Waals surface area contributed by atoms with Crippen LogP contribution in [0.15, 0.2) is 0 Å². The van der Waals surface area contributed by atoms with Crippen molar-refractivity contribution >= 4 is 5.78 Å². The lowest BCUT2D eigenvalue weighted by Crippen LogP contribution is -2.52. The highest BCUT2D eigenvalue weighted by molar-refractivity contribution is 5.78. The Morgan fingerprint density at radius 3 is 1.81 bits per heavy atom. The minimum absolute atomic E-state index is 0.0469. The normalized spacial score (nSPS) is 13.9. The minimum atomic E-state index is -0.0469. The highest BCUT2D eigenvalue weighted by Crippen LogP contribution is 2.14. The molecule has 0 spiro atoms. The third-order valence-electron chi connectivity index (χ3n) is 5.66. The van der Waals surface area contributed by atoms with E-state index in [0.717, 1.165) is 31.7 Å². The molecule has 0 radical (unpaired) electrons. The summed E-state index contributed by atoms with van der Waals surface area (Å²) in [5.41, 5.74) is -0.0469. The molecule has 156 valence electrons. The molecular weight excluding hydrogens is 320 g/mol. The first kappa shape index (κ1) is 25.6. The van der Waals surface area contributed by atoms with Crippen molar-refractivity contribution in [1.29, 1.82) is 0 Å². The van der Waals surface area contributed by atoms with Gasteiger partial charge in [-0.3, -0.25) is 10.1 Å². The van der Waals surface area contributed by atoms with E-state index in [4.69, 9.17) is 0 Å². The molecule has 26 heavy (non-hydrogen) atoms. The van der Waals surface area contributed by atoms with Crippen molar-refractivity contribution < 1.29 is 4.79 Å². The first-order valence-electron chi connectivity index (χ1n) is 11.4. The molecule has 0 aromatic heterocycles. The summed E-state index contributed by atoms with van der Waals surface area (Å²) in [7, 11) is 1.96. The second-order valence-corrected chi connectivity index (χ2v) is 8.62. The highest BCUT2D eigenvalue weighted by Gasteiger charge is 2.17. The van der Waals surface area contributed by atoms with Crippen LogP contribution in [-0.4, -0.2) is 25.0 Å². The van der Waals surface area contributed by atoms with Gasteiger partial charge in [-0.1, -0.05) is 85.0 Å². The van der Waals surface area contributed by atoms with Gasteiger partial charge in [-0.2, -0.15) is 0 Å². The highest BCUT2D eigenvalue weighted by atomic mass is 16.1. The number of carbonyl (C=O) groups excluding carboxylic acids is 1. The number of unbranched alkanes of at least 4 members (excludes halogenated alkanes) is 9. The quantitative estimate of drug-likeness (QED) is 0.210. The van der Waals surface area contributed by atoms with E-state index in [2.05, 4.69) is 38.3 Å². The summed E-state index contributed by atoms with van der Waals surface area (Å²) in [4.78, 5) is 11.9. The molecule has 0 saturated carbocycles. The molecule has 0 aromatic carbocycles. The number of Topliss-reactive ketones (excluding diaryl/α,β-unsaturated/α-hetero) is 1. The van der Waals surface area contributed by atoms with Gasteiger partial charge in [0.2, 0.25) is 0 Å². The van der Waals surface area contributed by atoms with Crippen molar-refractivity contribution in [2.24, 2.45) is 5.92 Å². The van der Waals surface area contributed by atoms with E-state index in [9.17, 15) is 4.79 Å². The first-order valence-corrected chi connectivity index (χ1v) is 11.4. The lowest BCUT2D eigenvalue weighted by molar-refractivity contribution is -0.119. The molecule has 0 aliphatic heterocycles. The van der Waals surface area contributed by atoms with Crippen molar-refractivity contribution in [2.75, 3.05) is 13.6 Å². The van der Waals surface area contributed by atoms with E-state index >= 15 is 0 Å². The van der Waals surface area contributed by atoms with Gasteiger partial charge in [-0.15, -0.1) is 0 Å². The molecule has 2 N–H and O–H groups in total. The largest absolute Gasteiger partial charge is 0.303 e. The molecular formula is C23H48N2O. The zero-order chi connectivity index (χ0) is 19.7. The molecule has 0 aliphatic carbocycles. The van der Waals surface area contributed by atoms with Gasteiger partial charge < -0.3 is 5.32 Å². The summed E-state index contributed by atoms with van der Waals surface area (Å²) in [5.74, 6) is 1.27. The molecule has 0 heterocycles. The van der Waals surface area contributed by atoms with Crippen LogP contribution in [0.5, 0.6) is 0 Å². The van der Waals surface area contributed by atoms with E-state index in [0.29, 0.717) is 12.2 Å². The maximum atomic E-state index is 11.9. The van der Waals surface area contributed by atoms with Crippen LogP contribution in [0.25, 0.3) is 0 Å². The summed E-state index contributed by atoms with van der Waals surface area (Å²) >= 11 is 0. The smallest absolute Gasteiger partial charge is 0.134 e. The number of nitrogens with one attached hydrogen (secondary N) is 2. The van der Waals surface area contributed by atoms with Crippen LogP contribution in [0.4, 0.5) is 0 Å². The van der Waals surface area contributed by atoms with Crippen molar-refractivity contribution in [3.05, 3.63) is 0 Å². The summed E-state index contributed by atoms with van der Waals surface area (Å²) < 4.78 is 0. The fourth-order valence-electron chi connectivity index (χ4n) is 3.28. The van der Waals surface area contributed by atoms with Crippen molar-refractivity contribution in [3.8, 4) is 0 Å². The van der Waals surface area contributed by atoms with Gasteiger partial charge >= 0.3 is 0 Å². The number of carbonyl (C=O) groups is 1. The molecule has 3 nitrogen and oxygen atoms in total. The van der Waals surface area contributed by atoms with Crippen LogP contribution in [0, 0.1) is 5.92 Å². The molecule has 1 atom stereocenters. The van der Waals surface area contributed by atoms with Crippen LogP contribution in [-0.2, 0) is 4.79 Å².